The van der Waals surface area contributed by atoms with Crippen LogP contribution in [0.3, 0.4) is 0 Å². The number of methoxy groups -OCH3 is 1. The first kappa shape index (κ1) is 11.0. The molecule has 0 aromatic heterocycles. The third-order valence-corrected chi connectivity index (χ3v) is 4.31. The van der Waals surface area contributed by atoms with Crippen molar-refractivity contribution in [3.63, 3.8) is 0 Å². The molecule has 2 bridgehead atoms. The Morgan fingerprint density at radius 2 is 2.18 bits per heavy atom. The highest BCUT2D eigenvalue weighted by Gasteiger charge is 2.62. The highest BCUT2D eigenvalue weighted by molar-refractivity contribution is 5.76. The summed E-state index contributed by atoms with van der Waals surface area (Å²) in [7, 11) is 1.62. The Hall–Kier alpha value is -1.10. The van der Waals surface area contributed by atoms with E-state index in [1.165, 1.54) is 6.92 Å². The maximum absolute atomic E-state index is 11.7. The van der Waals surface area contributed by atoms with Gasteiger partial charge in [0.1, 0.15) is 12.2 Å². The molecule has 5 heteroatoms. The average molecular weight is 240 g/mol. The molecule has 2 aliphatic carbocycles. The van der Waals surface area contributed by atoms with Crippen LogP contribution in [0.2, 0.25) is 0 Å². The Morgan fingerprint density at radius 1 is 1.41 bits per heavy atom. The summed E-state index contributed by atoms with van der Waals surface area (Å²) in [6.07, 6.45) is 0.750. The van der Waals surface area contributed by atoms with Gasteiger partial charge in [-0.1, -0.05) is 0 Å². The highest BCUT2D eigenvalue weighted by atomic mass is 16.6. The van der Waals surface area contributed by atoms with Crippen molar-refractivity contribution in [2.45, 2.75) is 38.1 Å². The molecule has 1 heterocycles. The third-order valence-electron chi connectivity index (χ3n) is 4.31. The number of esters is 2. The van der Waals surface area contributed by atoms with Crippen LogP contribution in [0.5, 0.6) is 0 Å². The number of carbonyl (C=O) groups is 2. The number of fused-ring (bicyclic) bond motifs is 1. The zero-order valence-corrected chi connectivity index (χ0v) is 9.92. The quantitative estimate of drug-likeness (QED) is 0.658. The fourth-order valence-electron chi connectivity index (χ4n) is 3.62. The molecule has 0 aromatic rings. The van der Waals surface area contributed by atoms with E-state index in [0.29, 0.717) is 5.92 Å². The average Bonchev–Trinajstić information content (AvgIpc) is 2.22. The van der Waals surface area contributed by atoms with Gasteiger partial charge in [-0.3, -0.25) is 9.59 Å². The first-order valence-electron chi connectivity index (χ1n) is 6.02. The van der Waals surface area contributed by atoms with E-state index < -0.39 is 6.10 Å². The Kier molecular flexibility index (Phi) is 2.40. The molecule has 3 rings (SSSR count). The van der Waals surface area contributed by atoms with Crippen LogP contribution in [0.4, 0.5) is 0 Å². The number of rotatable bonds is 2. The van der Waals surface area contributed by atoms with Gasteiger partial charge >= 0.3 is 11.9 Å². The van der Waals surface area contributed by atoms with Gasteiger partial charge in [0.2, 0.25) is 0 Å². The molecule has 6 atom stereocenters. The summed E-state index contributed by atoms with van der Waals surface area (Å²) in [5, 5.41) is 0. The molecule has 1 aliphatic heterocycles. The first-order chi connectivity index (χ1) is 8.11. The Bertz CT molecular complexity index is 366. The summed E-state index contributed by atoms with van der Waals surface area (Å²) in [6.45, 7) is 1.38. The van der Waals surface area contributed by atoms with Crippen molar-refractivity contribution >= 4 is 11.9 Å². The summed E-state index contributed by atoms with van der Waals surface area (Å²) in [5.74, 6) is 0.207. The van der Waals surface area contributed by atoms with Crippen LogP contribution < -0.4 is 0 Å². The van der Waals surface area contributed by atoms with Crippen molar-refractivity contribution in [3.05, 3.63) is 0 Å². The van der Waals surface area contributed by atoms with Crippen molar-refractivity contribution in [2.75, 3.05) is 7.11 Å². The standard InChI is InChI=1S/C12H16O5/c1-5(13)16-8-4-6-3-7-9(6)11(15-2)10(8)17-12(7)14/h6-11H,3-4H2,1-2H3. The van der Waals surface area contributed by atoms with Crippen LogP contribution in [0.25, 0.3) is 0 Å². The summed E-state index contributed by atoms with van der Waals surface area (Å²) in [6, 6.07) is 0. The highest BCUT2D eigenvalue weighted by Crippen LogP contribution is 2.54. The van der Waals surface area contributed by atoms with Crippen molar-refractivity contribution in [1.82, 2.24) is 0 Å². The zero-order valence-electron chi connectivity index (χ0n) is 9.92. The lowest BCUT2D eigenvalue weighted by Crippen LogP contribution is -2.66. The number of carbonyl (C=O) groups excluding carboxylic acids is 2. The minimum Gasteiger partial charge on any atom is -0.458 e. The first-order valence-corrected chi connectivity index (χ1v) is 6.02. The van der Waals surface area contributed by atoms with E-state index >= 15 is 0 Å². The molecule has 0 radical (unpaired) electrons. The van der Waals surface area contributed by atoms with E-state index in [4.69, 9.17) is 14.2 Å². The molecular formula is C12H16O5. The molecule has 6 unspecified atom stereocenters. The summed E-state index contributed by atoms with van der Waals surface area (Å²) < 4.78 is 16.1. The molecule has 5 nitrogen and oxygen atoms in total. The second-order valence-electron chi connectivity index (χ2n) is 5.17. The molecule has 0 aromatic carbocycles. The SMILES string of the molecule is COC1C2OC(=O)C3CC(CC2OC(C)=O)C31. The minimum atomic E-state index is -0.422. The molecule has 3 aliphatic rings. The second kappa shape index (κ2) is 3.70. The lowest BCUT2D eigenvalue weighted by Gasteiger charge is -2.57. The van der Waals surface area contributed by atoms with Gasteiger partial charge in [0.25, 0.3) is 0 Å². The molecule has 2 saturated carbocycles. The van der Waals surface area contributed by atoms with Crippen LogP contribution in [0, 0.1) is 17.8 Å². The smallest absolute Gasteiger partial charge is 0.309 e. The van der Waals surface area contributed by atoms with Crippen LogP contribution in [0.1, 0.15) is 19.8 Å². The van der Waals surface area contributed by atoms with Gasteiger partial charge in [-0.25, -0.2) is 0 Å². The van der Waals surface area contributed by atoms with Crippen LogP contribution in [-0.4, -0.2) is 37.4 Å². The second-order valence-corrected chi connectivity index (χ2v) is 5.17. The molecule has 94 valence electrons. The largest absolute Gasteiger partial charge is 0.458 e. The predicted molar refractivity (Wildman–Crippen MR) is 55.9 cm³/mol. The Morgan fingerprint density at radius 3 is 2.82 bits per heavy atom. The molecule has 1 saturated heterocycles. The van der Waals surface area contributed by atoms with Gasteiger partial charge < -0.3 is 14.2 Å². The predicted octanol–water partition coefficient (Wildman–Crippen LogP) is 0.514. The topological polar surface area (TPSA) is 61.8 Å². The summed E-state index contributed by atoms with van der Waals surface area (Å²) in [4.78, 5) is 22.8. The zero-order chi connectivity index (χ0) is 12.2. The van der Waals surface area contributed by atoms with Crippen molar-refractivity contribution in [2.24, 2.45) is 17.8 Å². The van der Waals surface area contributed by atoms with Crippen LogP contribution in [0.15, 0.2) is 0 Å². The lowest BCUT2D eigenvalue weighted by atomic mass is 9.54. The van der Waals surface area contributed by atoms with E-state index in [1.807, 2.05) is 0 Å². The fraction of sp³-hybridized carbons (Fsp3) is 0.833. The van der Waals surface area contributed by atoms with E-state index in [9.17, 15) is 9.59 Å². The van der Waals surface area contributed by atoms with Gasteiger partial charge in [-0.2, -0.15) is 0 Å². The normalized spacial score (nSPS) is 46.8. The fourth-order valence-corrected chi connectivity index (χ4v) is 3.62. The Labute approximate surface area is 99.4 Å². The van der Waals surface area contributed by atoms with E-state index in [0.717, 1.165) is 12.8 Å². The molecule has 3 fully saturated rings. The molecular weight excluding hydrogens is 224 g/mol. The molecule has 0 amide bonds. The summed E-state index contributed by atoms with van der Waals surface area (Å²) in [5.41, 5.74) is 0. The molecule has 0 N–H and O–H groups in total. The van der Waals surface area contributed by atoms with Crippen LogP contribution in [-0.2, 0) is 23.8 Å². The van der Waals surface area contributed by atoms with Gasteiger partial charge in [0, 0.05) is 20.0 Å². The molecule has 17 heavy (non-hydrogen) atoms. The van der Waals surface area contributed by atoms with Crippen molar-refractivity contribution in [3.8, 4) is 0 Å². The Balaban J connectivity index is 1.85. The monoisotopic (exact) mass is 240 g/mol. The molecule has 0 spiro atoms. The van der Waals surface area contributed by atoms with E-state index in [-0.39, 0.29) is 36.0 Å². The maximum Gasteiger partial charge on any atom is 0.309 e. The van der Waals surface area contributed by atoms with Crippen LogP contribution >= 0.6 is 0 Å². The number of hydrogen-bond acceptors (Lipinski definition) is 5. The number of hydrogen-bond donors (Lipinski definition) is 0. The number of ether oxygens (including phenoxy) is 3. The van der Waals surface area contributed by atoms with Gasteiger partial charge in [-0.15, -0.1) is 0 Å². The van der Waals surface area contributed by atoms with Gasteiger partial charge in [0.05, 0.1) is 5.92 Å². The van der Waals surface area contributed by atoms with E-state index in [1.54, 1.807) is 7.11 Å². The van der Waals surface area contributed by atoms with Crippen molar-refractivity contribution < 1.29 is 23.8 Å². The van der Waals surface area contributed by atoms with E-state index in [2.05, 4.69) is 0 Å². The lowest BCUT2D eigenvalue weighted by molar-refractivity contribution is -0.251. The maximum atomic E-state index is 11.7. The van der Waals surface area contributed by atoms with Gasteiger partial charge in [-0.05, 0) is 18.8 Å². The van der Waals surface area contributed by atoms with Crippen molar-refractivity contribution in [1.29, 1.82) is 0 Å². The minimum absolute atomic E-state index is 0.000483. The summed E-state index contributed by atoms with van der Waals surface area (Å²) >= 11 is 0. The van der Waals surface area contributed by atoms with Gasteiger partial charge in [0.15, 0.2) is 6.10 Å². The third kappa shape index (κ3) is 1.48.